The van der Waals surface area contributed by atoms with Crippen molar-refractivity contribution in [2.45, 2.75) is 6.92 Å². The van der Waals surface area contributed by atoms with Gasteiger partial charge in [0.25, 0.3) is 0 Å². The fourth-order valence-electron chi connectivity index (χ4n) is 2.24. The molecule has 0 atom stereocenters. The van der Waals surface area contributed by atoms with Crippen molar-refractivity contribution >= 4 is 23.2 Å². The summed E-state index contributed by atoms with van der Waals surface area (Å²) < 4.78 is 0. The normalized spacial score (nSPS) is 11.4. The zero-order valence-electron chi connectivity index (χ0n) is 12.2. The number of aldehydes is 1. The first-order valence-electron chi connectivity index (χ1n) is 7.03. The minimum atomic E-state index is 0.807. The molecule has 0 spiro atoms. The Kier molecular flexibility index (Phi) is 4.26. The average Bonchev–Trinajstić information content (AvgIpc) is 3.02. The summed E-state index contributed by atoms with van der Waals surface area (Å²) in [5.41, 5.74) is 4.08. The molecule has 0 amide bonds. The third kappa shape index (κ3) is 2.90. The summed E-state index contributed by atoms with van der Waals surface area (Å²) in [5, 5.41) is 0.879. The maximum atomic E-state index is 10.7. The van der Waals surface area contributed by atoms with Gasteiger partial charge in [0.15, 0.2) is 0 Å². The SMILES string of the molecule is C/C(=C\C=O)c1nc(-c2ccccc2)c(-c2ccccc2)s1. The van der Waals surface area contributed by atoms with Crippen molar-refractivity contribution < 1.29 is 4.79 Å². The van der Waals surface area contributed by atoms with Gasteiger partial charge in [0.1, 0.15) is 11.3 Å². The van der Waals surface area contributed by atoms with Crippen LogP contribution in [0.25, 0.3) is 27.3 Å². The molecule has 3 aromatic rings. The number of thiazole rings is 1. The first-order chi connectivity index (χ1) is 10.8. The maximum absolute atomic E-state index is 10.7. The summed E-state index contributed by atoms with van der Waals surface area (Å²) >= 11 is 1.62. The molecule has 0 fully saturated rings. The van der Waals surface area contributed by atoms with E-state index < -0.39 is 0 Å². The molecule has 0 aliphatic heterocycles. The Bertz CT molecular complexity index is 747. The van der Waals surface area contributed by atoms with Gasteiger partial charge >= 0.3 is 0 Å². The number of carbonyl (C=O) groups is 1. The Morgan fingerprint density at radius 1 is 0.955 bits per heavy atom. The zero-order chi connectivity index (χ0) is 15.4. The van der Waals surface area contributed by atoms with E-state index in [9.17, 15) is 4.79 Å². The van der Waals surface area contributed by atoms with Crippen LogP contribution in [-0.2, 0) is 4.79 Å². The smallest absolute Gasteiger partial charge is 0.143 e. The fourth-order valence-corrected chi connectivity index (χ4v) is 3.31. The molecule has 3 heteroatoms. The molecule has 3 rings (SSSR count). The Hall–Kier alpha value is -2.52. The molecule has 2 nitrogen and oxygen atoms in total. The molecule has 0 unspecified atom stereocenters. The largest absolute Gasteiger partial charge is 0.299 e. The molecule has 0 bridgehead atoms. The minimum absolute atomic E-state index is 0.807. The minimum Gasteiger partial charge on any atom is -0.299 e. The Labute approximate surface area is 133 Å². The number of aromatic nitrogens is 1. The Morgan fingerprint density at radius 3 is 2.14 bits per heavy atom. The number of nitrogens with zero attached hydrogens (tertiary/aromatic N) is 1. The topological polar surface area (TPSA) is 30.0 Å². The van der Waals surface area contributed by atoms with Gasteiger partial charge in [-0.25, -0.2) is 4.98 Å². The molecule has 1 heterocycles. The van der Waals surface area contributed by atoms with Crippen molar-refractivity contribution in [3.05, 3.63) is 71.7 Å². The molecule has 0 aliphatic rings. The van der Waals surface area contributed by atoms with Crippen molar-refractivity contribution in [2.24, 2.45) is 0 Å². The van der Waals surface area contributed by atoms with Crippen LogP contribution in [0.15, 0.2) is 66.7 Å². The van der Waals surface area contributed by atoms with Gasteiger partial charge in [0.2, 0.25) is 0 Å². The number of carbonyl (C=O) groups excluding carboxylic acids is 1. The lowest BCUT2D eigenvalue weighted by molar-refractivity contribution is -0.104. The van der Waals surface area contributed by atoms with E-state index in [1.54, 1.807) is 17.4 Å². The average molecular weight is 305 g/mol. The third-order valence-corrected chi connectivity index (χ3v) is 4.61. The molecule has 1 aromatic heterocycles. The molecule has 0 N–H and O–H groups in total. The highest BCUT2D eigenvalue weighted by atomic mass is 32.1. The maximum Gasteiger partial charge on any atom is 0.143 e. The molecular formula is C19H15NOS. The van der Waals surface area contributed by atoms with Crippen molar-refractivity contribution in [1.29, 1.82) is 0 Å². The predicted molar refractivity (Wildman–Crippen MR) is 92.7 cm³/mol. The predicted octanol–water partition coefficient (Wildman–Crippen LogP) is 5.08. The standard InChI is InChI=1S/C19H15NOS/c1-14(12-13-21)19-20-17(15-8-4-2-5-9-15)18(22-19)16-10-6-3-7-11-16/h2-13H,1H3/b14-12+. The zero-order valence-corrected chi connectivity index (χ0v) is 13.0. The molecule has 0 aliphatic carbocycles. The van der Waals surface area contributed by atoms with Crippen LogP contribution in [0, 0.1) is 0 Å². The van der Waals surface area contributed by atoms with Crippen LogP contribution in [0.3, 0.4) is 0 Å². The number of benzene rings is 2. The molecule has 2 aromatic carbocycles. The van der Waals surface area contributed by atoms with Crippen LogP contribution in [0.1, 0.15) is 11.9 Å². The van der Waals surface area contributed by atoms with Gasteiger partial charge in [-0.15, -0.1) is 11.3 Å². The number of allylic oxidation sites excluding steroid dienone is 2. The van der Waals surface area contributed by atoms with E-state index in [0.29, 0.717) is 0 Å². The van der Waals surface area contributed by atoms with E-state index in [1.807, 2.05) is 43.3 Å². The van der Waals surface area contributed by atoms with Crippen LogP contribution in [-0.4, -0.2) is 11.3 Å². The van der Waals surface area contributed by atoms with Crippen LogP contribution in [0.5, 0.6) is 0 Å². The molecule has 0 radical (unpaired) electrons. The van der Waals surface area contributed by atoms with Gasteiger partial charge < -0.3 is 0 Å². The van der Waals surface area contributed by atoms with Crippen molar-refractivity contribution in [2.75, 3.05) is 0 Å². The highest BCUT2D eigenvalue weighted by Gasteiger charge is 2.15. The van der Waals surface area contributed by atoms with Crippen molar-refractivity contribution in [1.82, 2.24) is 4.98 Å². The summed E-state index contributed by atoms with van der Waals surface area (Å²) in [5.74, 6) is 0. The van der Waals surface area contributed by atoms with Gasteiger partial charge in [-0.3, -0.25) is 4.79 Å². The summed E-state index contributed by atoms with van der Waals surface area (Å²) in [4.78, 5) is 16.6. The Morgan fingerprint density at radius 2 is 1.55 bits per heavy atom. The molecule has 0 saturated heterocycles. The number of hydrogen-bond donors (Lipinski definition) is 0. The summed E-state index contributed by atoms with van der Waals surface area (Å²) in [6.07, 6.45) is 2.36. The fraction of sp³-hybridized carbons (Fsp3) is 0.0526. The quantitative estimate of drug-likeness (QED) is 0.497. The molecular weight excluding hydrogens is 290 g/mol. The highest BCUT2D eigenvalue weighted by Crippen LogP contribution is 2.38. The van der Waals surface area contributed by atoms with Crippen molar-refractivity contribution in [3.63, 3.8) is 0 Å². The van der Waals surface area contributed by atoms with E-state index in [2.05, 4.69) is 24.3 Å². The number of hydrogen-bond acceptors (Lipinski definition) is 3. The third-order valence-electron chi connectivity index (χ3n) is 3.37. The van der Waals surface area contributed by atoms with Gasteiger partial charge in [0, 0.05) is 5.56 Å². The van der Waals surface area contributed by atoms with E-state index in [0.717, 1.165) is 38.6 Å². The lowest BCUT2D eigenvalue weighted by Gasteiger charge is -2.02. The van der Waals surface area contributed by atoms with E-state index in [1.165, 1.54) is 0 Å². The van der Waals surface area contributed by atoms with Crippen LogP contribution in [0.2, 0.25) is 0 Å². The molecule has 0 saturated carbocycles. The Balaban J connectivity index is 2.19. The number of rotatable bonds is 4. The lowest BCUT2D eigenvalue weighted by Crippen LogP contribution is -1.83. The highest BCUT2D eigenvalue weighted by molar-refractivity contribution is 7.16. The first kappa shape index (κ1) is 14.4. The summed E-state index contributed by atoms with van der Waals surface area (Å²) in [7, 11) is 0. The second kappa shape index (κ2) is 6.50. The van der Waals surface area contributed by atoms with E-state index >= 15 is 0 Å². The van der Waals surface area contributed by atoms with E-state index in [4.69, 9.17) is 4.98 Å². The molecule has 22 heavy (non-hydrogen) atoms. The molecule has 108 valence electrons. The van der Waals surface area contributed by atoms with Gasteiger partial charge in [0.05, 0.1) is 10.6 Å². The monoisotopic (exact) mass is 305 g/mol. The van der Waals surface area contributed by atoms with Gasteiger partial charge in [-0.05, 0) is 24.1 Å². The lowest BCUT2D eigenvalue weighted by atomic mass is 10.1. The van der Waals surface area contributed by atoms with Crippen molar-refractivity contribution in [3.8, 4) is 21.7 Å². The summed E-state index contributed by atoms with van der Waals surface area (Å²) in [6.45, 7) is 1.91. The van der Waals surface area contributed by atoms with E-state index in [-0.39, 0.29) is 0 Å². The van der Waals surface area contributed by atoms with Crippen LogP contribution >= 0.6 is 11.3 Å². The van der Waals surface area contributed by atoms with Gasteiger partial charge in [-0.1, -0.05) is 60.7 Å². The van der Waals surface area contributed by atoms with Crippen LogP contribution < -0.4 is 0 Å². The van der Waals surface area contributed by atoms with Gasteiger partial charge in [-0.2, -0.15) is 0 Å². The van der Waals surface area contributed by atoms with Crippen LogP contribution in [0.4, 0.5) is 0 Å². The first-order valence-corrected chi connectivity index (χ1v) is 7.85. The second-order valence-corrected chi connectivity index (χ2v) is 5.91. The summed E-state index contributed by atoms with van der Waals surface area (Å²) in [6, 6.07) is 20.4. The second-order valence-electron chi connectivity index (χ2n) is 4.91.